The first-order chi connectivity index (χ1) is 8.41. The molecule has 0 aromatic rings. The molecule has 1 aliphatic rings. The number of hydrogen-bond acceptors (Lipinski definition) is 5. The average molecular weight is 281 g/mol. The smallest absolute Gasteiger partial charge is 0.163 e. The van der Waals surface area contributed by atoms with E-state index in [1.807, 2.05) is 13.8 Å². The van der Waals surface area contributed by atoms with Crippen molar-refractivity contribution in [3.05, 3.63) is 0 Å². The topological polar surface area (TPSA) is 38.7 Å². The number of aliphatic hydroxyl groups excluding tert-OH is 1. The van der Waals surface area contributed by atoms with Crippen molar-refractivity contribution in [1.29, 1.82) is 0 Å². The first kappa shape index (κ1) is 14.0. The first-order valence-electron chi connectivity index (χ1n) is 6.64. The summed E-state index contributed by atoms with van der Waals surface area (Å²) in [5, 5.41) is 10.3. The Kier molecular flexibility index (Phi) is 5.96. The van der Waals surface area contributed by atoms with Crippen LogP contribution in [0.3, 0.4) is 0 Å². The van der Waals surface area contributed by atoms with E-state index in [9.17, 15) is 5.11 Å². The maximum absolute atomic E-state index is 10.3. The maximum atomic E-state index is 10.3. The molecule has 0 amide bonds. The molecular formula is C12H24O3S2. The molecule has 3 nitrogen and oxygen atoms in total. The molecular weight excluding hydrogens is 256 g/mol. The zero-order valence-electron chi connectivity index (χ0n) is 12.0. The van der Waals surface area contributed by atoms with Crippen LogP contribution in [0.4, 0.5) is 0 Å². The van der Waals surface area contributed by atoms with Gasteiger partial charge in [-0.3, -0.25) is 0 Å². The first-order valence-corrected chi connectivity index (χ1v) is 8.16. The molecule has 1 heterocycles. The normalized spacial score (nSPS) is 28.1. The van der Waals surface area contributed by atoms with Crippen LogP contribution in [0.5, 0.6) is 0 Å². The van der Waals surface area contributed by atoms with Gasteiger partial charge in [-0.1, -0.05) is 13.8 Å². The van der Waals surface area contributed by atoms with E-state index in [1.165, 1.54) is 0 Å². The zero-order valence-corrected chi connectivity index (χ0v) is 12.6. The molecule has 1 aliphatic heterocycles. The van der Waals surface area contributed by atoms with Crippen LogP contribution >= 0.6 is 23.5 Å². The van der Waals surface area contributed by atoms with E-state index in [2.05, 4.69) is 13.8 Å². The predicted molar refractivity (Wildman–Crippen MR) is 75.6 cm³/mol. The second kappa shape index (κ2) is 7.24. The van der Waals surface area contributed by atoms with Gasteiger partial charge in [0.15, 0.2) is 5.79 Å². The number of rotatable bonds is 7. The predicted octanol–water partition coefficient (Wildman–Crippen LogP) is 2.72. The molecule has 0 saturated carbocycles. The number of ether oxygens (including phenoxy) is 2. The Balaban J connectivity index is 2.55. The van der Waals surface area contributed by atoms with E-state index in [-0.39, 0.29) is 10.7 Å². The second-order valence-corrected chi connectivity index (χ2v) is 7.46. The minimum Gasteiger partial charge on any atom is -0.390 e. The van der Waals surface area contributed by atoms with E-state index < -0.39 is 18.3 Å². The molecule has 5 heteroatoms. The summed E-state index contributed by atoms with van der Waals surface area (Å²) >= 11 is 3.43. The summed E-state index contributed by atoms with van der Waals surface area (Å²) < 4.78 is 19.4. The Morgan fingerprint density at radius 3 is 2.41 bits per heavy atom. The lowest BCUT2D eigenvalue weighted by molar-refractivity contribution is -0.151. The fourth-order valence-electron chi connectivity index (χ4n) is 1.66. The molecule has 1 fully saturated rings. The third kappa shape index (κ3) is 5.39. The highest BCUT2D eigenvalue weighted by atomic mass is 32.2. The van der Waals surface area contributed by atoms with Gasteiger partial charge >= 0.3 is 0 Å². The fraction of sp³-hybridized carbons (Fsp3) is 1.00. The van der Waals surface area contributed by atoms with Crippen molar-refractivity contribution >= 4 is 23.5 Å². The highest BCUT2D eigenvalue weighted by Gasteiger charge is 2.37. The third-order valence-electron chi connectivity index (χ3n) is 2.43. The van der Waals surface area contributed by atoms with Gasteiger partial charge in [0.1, 0.15) is 6.10 Å². The van der Waals surface area contributed by atoms with E-state index in [4.69, 9.17) is 10.8 Å². The van der Waals surface area contributed by atoms with Gasteiger partial charge in [-0.15, -0.1) is 23.5 Å². The van der Waals surface area contributed by atoms with Crippen molar-refractivity contribution in [1.82, 2.24) is 0 Å². The van der Waals surface area contributed by atoms with Crippen molar-refractivity contribution in [2.75, 3.05) is 18.1 Å². The lowest BCUT2D eigenvalue weighted by Crippen LogP contribution is -2.32. The van der Waals surface area contributed by atoms with Gasteiger partial charge in [-0.05, 0) is 31.8 Å². The second-order valence-electron chi connectivity index (χ2n) is 4.33. The van der Waals surface area contributed by atoms with Crippen LogP contribution in [-0.4, -0.2) is 45.8 Å². The van der Waals surface area contributed by atoms with Gasteiger partial charge in [-0.25, -0.2) is 0 Å². The van der Waals surface area contributed by atoms with Gasteiger partial charge in [-0.2, -0.15) is 0 Å². The van der Waals surface area contributed by atoms with Gasteiger partial charge < -0.3 is 14.6 Å². The van der Waals surface area contributed by atoms with Crippen LogP contribution in [-0.2, 0) is 9.47 Å². The van der Waals surface area contributed by atoms with Crippen LogP contribution < -0.4 is 0 Å². The molecule has 102 valence electrons. The molecule has 0 bridgehead atoms. The maximum Gasteiger partial charge on any atom is 0.163 e. The van der Waals surface area contributed by atoms with Crippen molar-refractivity contribution in [2.45, 2.75) is 56.7 Å². The fourth-order valence-corrected chi connectivity index (χ4v) is 4.06. The van der Waals surface area contributed by atoms with E-state index in [1.54, 1.807) is 23.5 Å². The Morgan fingerprint density at radius 2 is 2.00 bits per heavy atom. The van der Waals surface area contributed by atoms with Crippen LogP contribution in [0.15, 0.2) is 0 Å². The number of thioether (sulfide) groups is 2. The Hall–Kier alpha value is 0.580. The van der Waals surface area contributed by atoms with Crippen molar-refractivity contribution in [3.63, 3.8) is 0 Å². The van der Waals surface area contributed by atoms with Gasteiger partial charge in [0.2, 0.25) is 0 Å². The lowest BCUT2D eigenvalue weighted by atomic mass is 10.2. The number of aliphatic hydroxyl groups is 1. The molecule has 1 saturated heterocycles. The molecule has 17 heavy (non-hydrogen) atoms. The molecule has 0 radical (unpaired) electrons. The summed E-state index contributed by atoms with van der Waals surface area (Å²) in [6.07, 6.45) is -1.74. The molecule has 3 atom stereocenters. The summed E-state index contributed by atoms with van der Waals surface area (Å²) in [4.78, 5) is 0. The SMILES string of the molecule is [2H]C(C(SCC)SCC)[C@H](O)[C@H]1COC(C)(C)O1. The molecule has 0 aromatic heterocycles. The zero-order chi connectivity index (χ0) is 13.8. The highest BCUT2D eigenvalue weighted by molar-refractivity contribution is 8.16. The van der Waals surface area contributed by atoms with E-state index in [0.29, 0.717) is 6.61 Å². The number of hydrogen-bond donors (Lipinski definition) is 1. The minimum atomic E-state index is -0.796. The quantitative estimate of drug-likeness (QED) is 0.726. The molecule has 0 aromatic carbocycles. The summed E-state index contributed by atoms with van der Waals surface area (Å²) in [5.74, 6) is 1.26. The lowest BCUT2D eigenvalue weighted by Gasteiger charge is -2.23. The van der Waals surface area contributed by atoms with Crippen LogP contribution in [0.25, 0.3) is 0 Å². The monoisotopic (exact) mass is 281 g/mol. The summed E-state index contributed by atoms with van der Waals surface area (Å²) in [6.45, 7) is 8.18. The van der Waals surface area contributed by atoms with Crippen molar-refractivity contribution in [2.24, 2.45) is 0 Å². The Morgan fingerprint density at radius 1 is 1.41 bits per heavy atom. The minimum absolute atomic E-state index is 0.0855. The van der Waals surface area contributed by atoms with Crippen LogP contribution in [0.1, 0.15) is 35.5 Å². The van der Waals surface area contributed by atoms with E-state index in [0.717, 1.165) is 11.5 Å². The van der Waals surface area contributed by atoms with Gasteiger partial charge in [0.25, 0.3) is 0 Å². The summed E-state index contributed by atoms with van der Waals surface area (Å²) in [5.41, 5.74) is 0. The standard InChI is InChI=1S/C12H24O3S2/c1-5-16-11(17-6-2)7-9(13)10-8-14-12(3,4)15-10/h9-11,13H,5-8H2,1-4H3/t9-,10+/m0/s1/i7D/t7?,9-,10+. The van der Waals surface area contributed by atoms with Crippen molar-refractivity contribution in [3.8, 4) is 0 Å². The molecule has 1 N–H and O–H groups in total. The summed E-state index contributed by atoms with van der Waals surface area (Å²) in [7, 11) is 0. The van der Waals surface area contributed by atoms with E-state index >= 15 is 0 Å². The third-order valence-corrected chi connectivity index (χ3v) is 4.88. The Labute approximate surface area is 114 Å². The van der Waals surface area contributed by atoms with Gasteiger partial charge in [0.05, 0.1) is 17.3 Å². The van der Waals surface area contributed by atoms with Gasteiger partial charge in [0, 0.05) is 1.37 Å². The van der Waals surface area contributed by atoms with Crippen molar-refractivity contribution < 1.29 is 16.0 Å². The molecule has 1 rings (SSSR count). The largest absolute Gasteiger partial charge is 0.390 e. The van der Waals surface area contributed by atoms with Crippen LogP contribution in [0, 0.1) is 0 Å². The average Bonchev–Trinajstić information content (AvgIpc) is 2.67. The molecule has 0 aliphatic carbocycles. The van der Waals surface area contributed by atoms with Crippen LogP contribution in [0.2, 0.25) is 0 Å². The summed E-state index contributed by atoms with van der Waals surface area (Å²) in [6, 6.07) is 0. The highest BCUT2D eigenvalue weighted by Crippen LogP contribution is 2.31. The Bertz CT molecular complexity index is 241. The molecule has 0 spiro atoms. The molecule has 1 unspecified atom stereocenters.